The number of aromatic nitrogens is 2. The van der Waals surface area contributed by atoms with Gasteiger partial charge in [-0.2, -0.15) is 4.99 Å². The highest BCUT2D eigenvalue weighted by Crippen LogP contribution is 2.01. The molecule has 19 heavy (non-hydrogen) atoms. The lowest BCUT2D eigenvalue weighted by atomic mass is 10.5. The van der Waals surface area contributed by atoms with E-state index in [0.29, 0.717) is 11.6 Å². The van der Waals surface area contributed by atoms with Gasteiger partial charge in [-0.3, -0.25) is 5.32 Å². The van der Waals surface area contributed by atoms with Gasteiger partial charge in [0.1, 0.15) is 11.6 Å². The van der Waals surface area contributed by atoms with Crippen molar-refractivity contribution in [2.75, 3.05) is 10.6 Å². The number of carbonyl (C=O) groups excluding carboxylic acids is 1. The third-order valence-corrected chi connectivity index (χ3v) is 2.04. The zero-order chi connectivity index (χ0) is 13.5. The Bertz CT molecular complexity index is 569. The maximum Gasteiger partial charge on any atom is 0.349 e. The fourth-order valence-electron chi connectivity index (χ4n) is 1.28. The van der Waals surface area contributed by atoms with Gasteiger partial charge in [-0.05, 0) is 24.3 Å². The van der Waals surface area contributed by atoms with Crippen LogP contribution in [0.15, 0.2) is 53.8 Å². The molecule has 0 aromatic carbocycles. The summed E-state index contributed by atoms with van der Waals surface area (Å²) in [5.41, 5.74) is 5.58. The number of carbonyl (C=O) groups is 1. The first-order chi connectivity index (χ1) is 9.24. The first-order valence-corrected chi connectivity index (χ1v) is 5.48. The average molecular weight is 256 g/mol. The molecule has 0 aliphatic heterocycles. The summed E-state index contributed by atoms with van der Waals surface area (Å²) in [7, 11) is 0. The van der Waals surface area contributed by atoms with Crippen molar-refractivity contribution in [2.24, 2.45) is 10.7 Å². The Morgan fingerprint density at radius 3 is 2.11 bits per heavy atom. The van der Waals surface area contributed by atoms with Crippen LogP contribution in [0.25, 0.3) is 0 Å². The molecular weight excluding hydrogens is 244 g/mol. The molecule has 0 radical (unpaired) electrons. The second-order valence-electron chi connectivity index (χ2n) is 3.48. The van der Waals surface area contributed by atoms with Crippen molar-refractivity contribution in [3.63, 3.8) is 0 Å². The largest absolute Gasteiger partial charge is 0.369 e. The molecule has 0 saturated carbocycles. The van der Waals surface area contributed by atoms with Crippen LogP contribution < -0.4 is 16.4 Å². The Labute approximate surface area is 109 Å². The lowest BCUT2D eigenvalue weighted by molar-refractivity contribution is 0.259. The smallest absolute Gasteiger partial charge is 0.349 e. The van der Waals surface area contributed by atoms with Crippen molar-refractivity contribution >= 4 is 23.6 Å². The number of amides is 2. The van der Waals surface area contributed by atoms with Crippen LogP contribution in [-0.2, 0) is 0 Å². The number of guanidine groups is 1. The minimum atomic E-state index is -0.611. The summed E-state index contributed by atoms with van der Waals surface area (Å²) in [6.45, 7) is 0. The summed E-state index contributed by atoms with van der Waals surface area (Å²) < 4.78 is 0. The summed E-state index contributed by atoms with van der Waals surface area (Å²) >= 11 is 0. The van der Waals surface area contributed by atoms with Crippen LogP contribution in [-0.4, -0.2) is 22.0 Å². The third kappa shape index (κ3) is 4.08. The van der Waals surface area contributed by atoms with Gasteiger partial charge in [0.25, 0.3) is 0 Å². The highest BCUT2D eigenvalue weighted by Gasteiger charge is 2.02. The standard InChI is InChI=1S/C12H12N6O/c13-11(16-9-5-1-3-7-14-9)18-12(19)17-10-6-2-4-8-15-10/h1-8H,(H4,13,14,15,16,17,18,19). The second kappa shape index (κ2) is 6.10. The van der Waals surface area contributed by atoms with E-state index in [0.717, 1.165) is 0 Å². The lowest BCUT2D eigenvalue weighted by Gasteiger charge is -2.04. The van der Waals surface area contributed by atoms with E-state index in [-0.39, 0.29) is 5.96 Å². The normalized spacial score (nSPS) is 10.8. The predicted molar refractivity (Wildman–Crippen MR) is 72.7 cm³/mol. The molecule has 2 aromatic heterocycles. The van der Waals surface area contributed by atoms with Crippen LogP contribution in [0.4, 0.5) is 16.4 Å². The quantitative estimate of drug-likeness (QED) is 0.557. The molecule has 4 N–H and O–H groups in total. The number of nitrogens with zero attached hydrogens (tertiary/aromatic N) is 3. The zero-order valence-corrected chi connectivity index (χ0v) is 9.95. The number of nitrogens with two attached hydrogens (primary N) is 1. The van der Waals surface area contributed by atoms with Gasteiger partial charge in [0, 0.05) is 12.4 Å². The van der Waals surface area contributed by atoms with E-state index in [9.17, 15) is 4.79 Å². The van der Waals surface area contributed by atoms with Crippen molar-refractivity contribution in [2.45, 2.75) is 0 Å². The number of hydrogen-bond acceptors (Lipinski definition) is 3. The Morgan fingerprint density at radius 2 is 1.58 bits per heavy atom. The van der Waals surface area contributed by atoms with E-state index < -0.39 is 6.03 Å². The van der Waals surface area contributed by atoms with E-state index in [4.69, 9.17) is 5.73 Å². The molecule has 0 unspecified atom stereocenters. The molecule has 0 aliphatic rings. The molecule has 7 heteroatoms. The van der Waals surface area contributed by atoms with Crippen LogP contribution >= 0.6 is 0 Å². The summed E-state index contributed by atoms with van der Waals surface area (Å²) in [6, 6.07) is 9.80. The number of urea groups is 1. The van der Waals surface area contributed by atoms with Crippen LogP contribution in [0.2, 0.25) is 0 Å². The van der Waals surface area contributed by atoms with Gasteiger partial charge in [0.15, 0.2) is 0 Å². The number of hydrogen-bond donors (Lipinski definition) is 3. The number of rotatable bonds is 2. The number of pyridine rings is 2. The Balaban J connectivity index is 1.95. The molecule has 0 bridgehead atoms. The summed E-state index contributed by atoms with van der Waals surface area (Å²) in [5, 5.41) is 5.17. The fourth-order valence-corrected chi connectivity index (χ4v) is 1.28. The molecule has 0 atom stereocenters. The third-order valence-electron chi connectivity index (χ3n) is 2.04. The lowest BCUT2D eigenvalue weighted by Crippen LogP contribution is -2.25. The SMILES string of the molecule is N/C(=N\C(=O)Nc1ccccn1)Nc1ccccn1. The maximum atomic E-state index is 11.5. The minimum Gasteiger partial charge on any atom is -0.369 e. The number of anilines is 2. The van der Waals surface area contributed by atoms with E-state index >= 15 is 0 Å². The van der Waals surface area contributed by atoms with E-state index in [1.165, 1.54) is 0 Å². The van der Waals surface area contributed by atoms with Crippen LogP contribution in [0, 0.1) is 0 Å². The summed E-state index contributed by atoms with van der Waals surface area (Å²) in [5.74, 6) is 0.864. The number of nitrogens with one attached hydrogen (secondary N) is 2. The van der Waals surface area contributed by atoms with E-state index in [1.807, 2.05) is 0 Å². The zero-order valence-electron chi connectivity index (χ0n) is 9.95. The Hall–Kier alpha value is -2.96. The van der Waals surface area contributed by atoms with E-state index in [1.54, 1.807) is 48.8 Å². The topological polar surface area (TPSA) is 105 Å². The molecule has 2 rings (SSSR count). The molecule has 0 aliphatic carbocycles. The molecular formula is C12H12N6O. The summed E-state index contributed by atoms with van der Waals surface area (Å²) in [4.78, 5) is 23.1. The molecule has 2 amide bonds. The molecule has 0 spiro atoms. The van der Waals surface area contributed by atoms with Crippen molar-refractivity contribution in [3.05, 3.63) is 48.8 Å². The maximum absolute atomic E-state index is 11.5. The molecule has 2 aromatic rings. The first-order valence-electron chi connectivity index (χ1n) is 5.48. The van der Waals surface area contributed by atoms with Gasteiger partial charge in [0.2, 0.25) is 5.96 Å². The van der Waals surface area contributed by atoms with Gasteiger partial charge >= 0.3 is 6.03 Å². The predicted octanol–water partition coefficient (Wildman–Crippen LogP) is 1.44. The van der Waals surface area contributed by atoms with Crippen LogP contribution in [0.3, 0.4) is 0 Å². The van der Waals surface area contributed by atoms with Gasteiger partial charge in [-0.15, -0.1) is 0 Å². The fraction of sp³-hybridized carbons (Fsp3) is 0. The summed E-state index contributed by atoms with van der Waals surface area (Å²) in [6.07, 6.45) is 3.17. The number of aliphatic imine (C=N–C) groups is 1. The molecule has 7 nitrogen and oxygen atoms in total. The van der Waals surface area contributed by atoms with Crippen molar-refractivity contribution in [1.82, 2.24) is 9.97 Å². The van der Waals surface area contributed by atoms with Crippen LogP contribution in [0.5, 0.6) is 0 Å². The van der Waals surface area contributed by atoms with E-state index in [2.05, 4.69) is 25.6 Å². The highest BCUT2D eigenvalue weighted by molar-refractivity contribution is 6.02. The van der Waals surface area contributed by atoms with Crippen LogP contribution in [0.1, 0.15) is 0 Å². The van der Waals surface area contributed by atoms with Gasteiger partial charge in [-0.25, -0.2) is 14.8 Å². The average Bonchev–Trinajstić information content (AvgIpc) is 2.40. The van der Waals surface area contributed by atoms with Crippen molar-refractivity contribution in [3.8, 4) is 0 Å². The molecule has 2 heterocycles. The Kier molecular flexibility index (Phi) is 4.01. The Morgan fingerprint density at radius 1 is 1.00 bits per heavy atom. The van der Waals surface area contributed by atoms with Crippen molar-refractivity contribution in [1.29, 1.82) is 0 Å². The minimum absolute atomic E-state index is 0.0490. The first kappa shape index (κ1) is 12.5. The molecule has 96 valence electrons. The molecule has 0 fully saturated rings. The molecule has 0 saturated heterocycles. The highest BCUT2D eigenvalue weighted by atomic mass is 16.2. The monoisotopic (exact) mass is 256 g/mol. The van der Waals surface area contributed by atoms with Crippen molar-refractivity contribution < 1.29 is 4.79 Å². The van der Waals surface area contributed by atoms with Gasteiger partial charge in [0.05, 0.1) is 0 Å². The van der Waals surface area contributed by atoms with Gasteiger partial charge < -0.3 is 11.1 Å². The van der Waals surface area contributed by atoms with Gasteiger partial charge in [-0.1, -0.05) is 12.1 Å². The second-order valence-corrected chi connectivity index (χ2v) is 3.48.